The third kappa shape index (κ3) is 3.16. The average molecular weight is 333 g/mol. The minimum atomic E-state index is -0.0592. The smallest absolute Gasteiger partial charge is 0.274 e. The van der Waals surface area contributed by atoms with E-state index in [0.717, 1.165) is 17.4 Å². The van der Waals surface area contributed by atoms with Gasteiger partial charge in [-0.3, -0.25) is 4.79 Å². The van der Waals surface area contributed by atoms with Crippen LogP contribution in [0.1, 0.15) is 48.1 Å². The van der Waals surface area contributed by atoms with E-state index in [1.165, 1.54) is 0 Å². The van der Waals surface area contributed by atoms with E-state index in [2.05, 4.69) is 36.1 Å². The topological polar surface area (TPSA) is 63.1 Å². The van der Waals surface area contributed by atoms with Crippen molar-refractivity contribution in [2.45, 2.75) is 32.2 Å². The lowest BCUT2D eigenvalue weighted by atomic mass is 9.98. The summed E-state index contributed by atoms with van der Waals surface area (Å²) in [7, 11) is 1.96. The molecule has 1 N–H and O–H groups in total. The molecule has 1 amide bonds. The predicted octanol–water partition coefficient (Wildman–Crippen LogP) is 1.96. The summed E-state index contributed by atoms with van der Waals surface area (Å²) < 4.78 is 1.97. The minimum absolute atomic E-state index is 0.00810. The molecule has 3 rings (SSSR count). The first-order valence-electron chi connectivity index (χ1n) is 7.83. The Hall–Kier alpha value is -1.73. The van der Waals surface area contributed by atoms with Gasteiger partial charge in [-0.05, 0) is 0 Å². The fourth-order valence-electron chi connectivity index (χ4n) is 2.74. The van der Waals surface area contributed by atoms with E-state index in [9.17, 15) is 4.79 Å². The van der Waals surface area contributed by atoms with Crippen molar-refractivity contribution < 1.29 is 4.79 Å². The zero-order valence-electron chi connectivity index (χ0n) is 14.0. The highest BCUT2D eigenvalue weighted by Crippen LogP contribution is 2.28. The van der Waals surface area contributed by atoms with Crippen molar-refractivity contribution in [2.75, 3.05) is 19.6 Å². The summed E-state index contributed by atoms with van der Waals surface area (Å²) in [6.07, 6.45) is 3.68. The largest absolute Gasteiger partial charge is 0.336 e. The highest BCUT2D eigenvalue weighted by Gasteiger charge is 2.32. The summed E-state index contributed by atoms with van der Waals surface area (Å²) in [6.45, 7) is 8.51. The fraction of sp³-hybridized carbons (Fsp3) is 0.562. The van der Waals surface area contributed by atoms with Gasteiger partial charge >= 0.3 is 0 Å². The summed E-state index contributed by atoms with van der Waals surface area (Å²) in [5.74, 6) is 0.892. The van der Waals surface area contributed by atoms with E-state index in [0.29, 0.717) is 18.8 Å². The first-order chi connectivity index (χ1) is 10.9. The fourth-order valence-corrected chi connectivity index (χ4v) is 3.62. The number of hydrogen-bond acceptors (Lipinski definition) is 5. The lowest BCUT2D eigenvalue weighted by Gasteiger charge is -2.35. The van der Waals surface area contributed by atoms with Gasteiger partial charge in [0.2, 0.25) is 0 Å². The molecule has 0 aromatic carbocycles. The van der Waals surface area contributed by atoms with E-state index in [4.69, 9.17) is 0 Å². The van der Waals surface area contributed by atoms with Crippen LogP contribution in [0.25, 0.3) is 0 Å². The number of piperazine rings is 1. The molecule has 7 heteroatoms. The van der Waals surface area contributed by atoms with Crippen molar-refractivity contribution in [1.82, 2.24) is 24.8 Å². The summed E-state index contributed by atoms with van der Waals surface area (Å²) in [5.41, 5.74) is 0.507. The van der Waals surface area contributed by atoms with E-state index < -0.39 is 0 Å². The quantitative estimate of drug-likeness (QED) is 0.912. The van der Waals surface area contributed by atoms with Gasteiger partial charge in [0.05, 0.1) is 5.01 Å². The van der Waals surface area contributed by atoms with Crippen LogP contribution in [0.15, 0.2) is 17.8 Å². The molecular weight excluding hydrogens is 310 g/mol. The molecule has 0 saturated carbocycles. The van der Waals surface area contributed by atoms with Gasteiger partial charge in [-0.25, -0.2) is 9.97 Å². The molecule has 1 fully saturated rings. The Labute approximate surface area is 140 Å². The number of aromatic nitrogens is 3. The second-order valence-corrected chi connectivity index (χ2v) is 7.76. The molecule has 0 radical (unpaired) electrons. The minimum Gasteiger partial charge on any atom is -0.336 e. The number of rotatable bonds is 2. The van der Waals surface area contributed by atoms with Gasteiger partial charge in [-0.2, -0.15) is 0 Å². The van der Waals surface area contributed by atoms with Crippen LogP contribution in [-0.2, 0) is 12.5 Å². The van der Waals surface area contributed by atoms with Gasteiger partial charge in [-0.15, -0.1) is 11.3 Å². The molecule has 3 heterocycles. The van der Waals surface area contributed by atoms with Crippen LogP contribution in [-0.4, -0.2) is 45.0 Å². The van der Waals surface area contributed by atoms with Crippen molar-refractivity contribution in [2.24, 2.45) is 7.05 Å². The Kier molecular flexibility index (Phi) is 4.25. The number of nitrogens with one attached hydrogen (secondary N) is 1. The van der Waals surface area contributed by atoms with Crippen molar-refractivity contribution >= 4 is 17.2 Å². The summed E-state index contributed by atoms with van der Waals surface area (Å²) >= 11 is 1.56. The maximum atomic E-state index is 13.0. The number of imidazole rings is 1. The number of carbonyl (C=O) groups is 1. The molecule has 1 aliphatic rings. The van der Waals surface area contributed by atoms with Crippen LogP contribution in [0.2, 0.25) is 0 Å². The Morgan fingerprint density at radius 3 is 2.83 bits per heavy atom. The predicted molar refractivity (Wildman–Crippen MR) is 90.7 cm³/mol. The molecule has 1 unspecified atom stereocenters. The third-order valence-corrected chi connectivity index (χ3v) is 5.29. The van der Waals surface area contributed by atoms with Crippen LogP contribution in [0.4, 0.5) is 0 Å². The lowest BCUT2D eigenvalue weighted by Crippen LogP contribution is -2.49. The monoisotopic (exact) mass is 333 g/mol. The van der Waals surface area contributed by atoms with Crippen LogP contribution in [0.5, 0.6) is 0 Å². The van der Waals surface area contributed by atoms with E-state index >= 15 is 0 Å². The van der Waals surface area contributed by atoms with Gasteiger partial charge < -0.3 is 14.8 Å². The number of nitrogens with zero attached hydrogens (tertiary/aromatic N) is 4. The molecule has 6 nitrogen and oxygen atoms in total. The summed E-state index contributed by atoms with van der Waals surface area (Å²) in [4.78, 5) is 23.8. The molecule has 0 bridgehead atoms. The van der Waals surface area contributed by atoms with E-state index in [1.54, 1.807) is 17.5 Å². The molecule has 1 aliphatic heterocycles. The van der Waals surface area contributed by atoms with Gasteiger partial charge in [-0.1, -0.05) is 20.8 Å². The second-order valence-electron chi connectivity index (χ2n) is 6.90. The van der Waals surface area contributed by atoms with Gasteiger partial charge in [0, 0.05) is 49.9 Å². The Morgan fingerprint density at radius 1 is 1.43 bits per heavy atom. The molecule has 124 valence electrons. The number of hydrogen-bond donors (Lipinski definition) is 1. The van der Waals surface area contributed by atoms with E-state index in [-0.39, 0.29) is 17.4 Å². The van der Waals surface area contributed by atoms with Gasteiger partial charge in [0.1, 0.15) is 17.6 Å². The first-order valence-corrected chi connectivity index (χ1v) is 8.71. The molecule has 2 aromatic heterocycles. The number of thiazole rings is 1. The highest BCUT2D eigenvalue weighted by atomic mass is 32.1. The maximum absolute atomic E-state index is 13.0. The summed E-state index contributed by atoms with van der Waals surface area (Å²) in [6, 6.07) is -0.0592. The maximum Gasteiger partial charge on any atom is 0.274 e. The SMILES string of the molecule is Cn1ccnc1C1CNCCN1C(=O)c1csc(C(C)(C)C)n1. The van der Waals surface area contributed by atoms with Crippen molar-refractivity contribution in [1.29, 1.82) is 0 Å². The Bertz CT molecular complexity index is 699. The average Bonchev–Trinajstić information content (AvgIpc) is 3.15. The van der Waals surface area contributed by atoms with Crippen molar-refractivity contribution in [3.8, 4) is 0 Å². The van der Waals surface area contributed by atoms with Crippen LogP contribution >= 0.6 is 11.3 Å². The van der Waals surface area contributed by atoms with Crippen LogP contribution < -0.4 is 5.32 Å². The van der Waals surface area contributed by atoms with Crippen molar-refractivity contribution in [3.05, 3.63) is 34.3 Å². The first kappa shape index (κ1) is 16.1. The standard InChI is InChI=1S/C16H23N5OS/c1-16(2,3)15-19-11(10-23-15)14(22)21-8-5-17-9-12(21)13-18-6-7-20(13)4/h6-7,10,12,17H,5,8-9H2,1-4H3. The van der Waals surface area contributed by atoms with E-state index in [1.807, 2.05) is 28.1 Å². The normalized spacial score (nSPS) is 19.1. The van der Waals surface area contributed by atoms with Crippen LogP contribution in [0, 0.1) is 0 Å². The molecule has 0 aliphatic carbocycles. The molecule has 2 aromatic rings. The second kappa shape index (κ2) is 6.05. The summed E-state index contributed by atoms with van der Waals surface area (Å²) in [5, 5.41) is 6.22. The van der Waals surface area contributed by atoms with Gasteiger partial charge in [0.25, 0.3) is 5.91 Å². The molecule has 0 spiro atoms. The van der Waals surface area contributed by atoms with Crippen LogP contribution in [0.3, 0.4) is 0 Å². The number of amides is 1. The molecule has 1 saturated heterocycles. The van der Waals surface area contributed by atoms with Gasteiger partial charge in [0.15, 0.2) is 0 Å². The molecular formula is C16H23N5OS. The highest BCUT2D eigenvalue weighted by molar-refractivity contribution is 7.10. The zero-order valence-corrected chi connectivity index (χ0v) is 14.9. The lowest BCUT2D eigenvalue weighted by molar-refractivity contribution is 0.0615. The zero-order chi connectivity index (χ0) is 16.6. The van der Waals surface area contributed by atoms with Crippen molar-refractivity contribution in [3.63, 3.8) is 0 Å². The third-order valence-electron chi connectivity index (χ3n) is 4.03. The Morgan fingerprint density at radius 2 is 2.22 bits per heavy atom. The molecule has 23 heavy (non-hydrogen) atoms. The number of carbonyl (C=O) groups excluding carboxylic acids is 1. The molecule has 1 atom stereocenters. The Balaban J connectivity index is 1.87. The number of aryl methyl sites for hydroxylation is 1.